The molecule has 0 saturated carbocycles. The second-order valence-electron chi connectivity index (χ2n) is 5.99. The largest absolute Gasteiger partial charge is 0.493 e. The first-order valence-electron chi connectivity index (χ1n) is 8.84. The fraction of sp³-hybridized carbons (Fsp3) is 0.190. The molecule has 1 amide bonds. The predicted octanol–water partition coefficient (Wildman–Crippen LogP) is 3.40. The minimum absolute atomic E-state index is 0.225. The van der Waals surface area contributed by atoms with E-state index in [-0.39, 0.29) is 11.6 Å². The molecule has 0 unspecified atom stereocenters. The molecule has 0 fully saturated rings. The Morgan fingerprint density at radius 3 is 2.39 bits per heavy atom. The van der Waals surface area contributed by atoms with Crippen molar-refractivity contribution in [3.05, 3.63) is 71.9 Å². The maximum atomic E-state index is 12.4. The zero-order chi connectivity index (χ0) is 19.8. The van der Waals surface area contributed by atoms with Gasteiger partial charge < -0.3 is 20.1 Å². The normalized spacial score (nSPS) is 10.2. The molecular weight excluding hydrogens is 356 g/mol. The maximum Gasteiger partial charge on any atom is 0.276 e. The monoisotopic (exact) mass is 378 g/mol. The number of aromatic nitrogens is 2. The van der Waals surface area contributed by atoms with E-state index in [2.05, 4.69) is 33.0 Å². The fourth-order valence-electron chi connectivity index (χ4n) is 2.64. The van der Waals surface area contributed by atoms with Gasteiger partial charge in [0.1, 0.15) is 5.82 Å². The van der Waals surface area contributed by atoms with E-state index in [1.165, 1.54) is 5.56 Å². The summed E-state index contributed by atoms with van der Waals surface area (Å²) in [5.74, 6) is 1.39. The van der Waals surface area contributed by atoms with E-state index in [9.17, 15) is 4.79 Å². The summed E-state index contributed by atoms with van der Waals surface area (Å²) in [6.07, 6.45) is 0.879. The Bertz CT molecular complexity index is 915. The Morgan fingerprint density at radius 1 is 0.929 bits per heavy atom. The van der Waals surface area contributed by atoms with E-state index >= 15 is 0 Å². The van der Waals surface area contributed by atoms with Crippen molar-refractivity contribution in [2.24, 2.45) is 0 Å². The van der Waals surface area contributed by atoms with Crippen molar-refractivity contribution >= 4 is 17.4 Å². The Kier molecular flexibility index (Phi) is 6.41. The van der Waals surface area contributed by atoms with E-state index < -0.39 is 0 Å². The van der Waals surface area contributed by atoms with Crippen molar-refractivity contribution in [2.75, 3.05) is 31.4 Å². The molecule has 0 aliphatic carbocycles. The molecule has 3 rings (SSSR count). The molecule has 2 aromatic carbocycles. The number of hydrogen-bond acceptors (Lipinski definition) is 6. The highest BCUT2D eigenvalue weighted by atomic mass is 16.5. The van der Waals surface area contributed by atoms with Gasteiger partial charge in [0.15, 0.2) is 17.2 Å². The fourth-order valence-corrected chi connectivity index (χ4v) is 2.64. The first-order chi connectivity index (χ1) is 13.7. The summed E-state index contributed by atoms with van der Waals surface area (Å²) in [7, 11) is 3.10. The molecule has 0 aliphatic heterocycles. The minimum atomic E-state index is -0.351. The molecule has 0 spiro atoms. The lowest BCUT2D eigenvalue weighted by molar-refractivity contribution is 0.102. The first-order valence-corrected chi connectivity index (χ1v) is 8.84. The van der Waals surface area contributed by atoms with Gasteiger partial charge in [0.05, 0.1) is 14.2 Å². The van der Waals surface area contributed by atoms with Crippen LogP contribution in [0.3, 0.4) is 0 Å². The SMILES string of the molecule is COc1ccc(NC(=O)c2ccc(NCCc3ccccc3)nn2)cc1OC. The highest BCUT2D eigenvalue weighted by Gasteiger charge is 2.11. The number of nitrogens with one attached hydrogen (secondary N) is 2. The number of methoxy groups -OCH3 is 2. The molecule has 1 aromatic heterocycles. The quantitative estimate of drug-likeness (QED) is 0.625. The van der Waals surface area contributed by atoms with Crippen LogP contribution in [0.1, 0.15) is 16.1 Å². The second kappa shape index (κ2) is 9.36. The Morgan fingerprint density at radius 2 is 1.71 bits per heavy atom. The standard InChI is InChI=1S/C21H22N4O3/c1-27-18-10-8-16(14-19(18)28-2)23-21(26)17-9-11-20(25-24-17)22-13-12-15-6-4-3-5-7-15/h3-11,14H,12-13H2,1-2H3,(H,22,25)(H,23,26). The molecule has 7 heteroatoms. The third-order valence-corrected chi connectivity index (χ3v) is 4.10. The zero-order valence-electron chi connectivity index (χ0n) is 15.8. The number of hydrogen-bond donors (Lipinski definition) is 2. The number of ether oxygens (including phenoxy) is 2. The van der Waals surface area contributed by atoms with E-state index in [4.69, 9.17) is 9.47 Å². The summed E-state index contributed by atoms with van der Waals surface area (Å²) in [4.78, 5) is 12.4. The summed E-state index contributed by atoms with van der Waals surface area (Å²) in [6, 6.07) is 18.7. The topological polar surface area (TPSA) is 85.4 Å². The molecule has 7 nitrogen and oxygen atoms in total. The van der Waals surface area contributed by atoms with Crippen LogP contribution in [0.25, 0.3) is 0 Å². The first kappa shape index (κ1) is 19.2. The smallest absolute Gasteiger partial charge is 0.276 e. The Labute approximate surface area is 163 Å². The van der Waals surface area contributed by atoms with Crippen molar-refractivity contribution in [1.82, 2.24) is 10.2 Å². The summed E-state index contributed by atoms with van der Waals surface area (Å²) in [6.45, 7) is 0.732. The van der Waals surface area contributed by atoms with Crippen LogP contribution in [0.4, 0.5) is 11.5 Å². The van der Waals surface area contributed by atoms with E-state index in [0.29, 0.717) is 23.0 Å². The molecule has 0 atom stereocenters. The number of benzene rings is 2. The van der Waals surface area contributed by atoms with E-state index in [1.807, 2.05) is 18.2 Å². The molecule has 0 bridgehead atoms. The highest BCUT2D eigenvalue weighted by Crippen LogP contribution is 2.29. The van der Waals surface area contributed by atoms with Gasteiger partial charge in [-0.2, -0.15) is 0 Å². The van der Waals surface area contributed by atoms with Crippen LogP contribution in [-0.4, -0.2) is 36.9 Å². The lowest BCUT2D eigenvalue weighted by Crippen LogP contribution is -2.15. The lowest BCUT2D eigenvalue weighted by atomic mass is 10.1. The van der Waals surface area contributed by atoms with Crippen LogP contribution < -0.4 is 20.1 Å². The van der Waals surface area contributed by atoms with Gasteiger partial charge in [0.25, 0.3) is 5.91 Å². The van der Waals surface area contributed by atoms with Crippen molar-refractivity contribution in [1.29, 1.82) is 0 Å². The number of carbonyl (C=O) groups excluding carboxylic acids is 1. The van der Waals surface area contributed by atoms with Gasteiger partial charge in [0, 0.05) is 18.3 Å². The zero-order valence-corrected chi connectivity index (χ0v) is 15.8. The third-order valence-electron chi connectivity index (χ3n) is 4.10. The number of amides is 1. The van der Waals surface area contributed by atoms with Crippen LogP contribution in [0, 0.1) is 0 Å². The maximum absolute atomic E-state index is 12.4. The van der Waals surface area contributed by atoms with E-state index in [0.717, 1.165) is 13.0 Å². The molecule has 2 N–H and O–H groups in total. The molecule has 28 heavy (non-hydrogen) atoms. The number of nitrogens with zero attached hydrogens (tertiary/aromatic N) is 2. The van der Waals surface area contributed by atoms with Crippen LogP contribution in [0.15, 0.2) is 60.7 Å². The third kappa shape index (κ3) is 4.97. The molecule has 0 aliphatic rings. The van der Waals surface area contributed by atoms with E-state index in [1.54, 1.807) is 44.6 Å². The van der Waals surface area contributed by atoms with Crippen molar-refractivity contribution < 1.29 is 14.3 Å². The summed E-state index contributed by atoms with van der Waals surface area (Å²) >= 11 is 0. The van der Waals surface area contributed by atoms with Crippen molar-refractivity contribution in [3.8, 4) is 11.5 Å². The molecule has 3 aromatic rings. The molecule has 1 heterocycles. The minimum Gasteiger partial charge on any atom is -0.493 e. The second-order valence-corrected chi connectivity index (χ2v) is 5.99. The van der Waals surface area contributed by atoms with Gasteiger partial charge in [-0.3, -0.25) is 4.79 Å². The van der Waals surface area contributed by atoms with Crippen molar-refractivity contribution in [3.63, 3.8) is 0 Å². The van der Waals surface area contributed by atoms with Gasteiger partial charge in [0.2, 0.25) is 0 Å². The van der Waals surface area contributed by atoms with Crippen LogP contribution in [-0.2, 0) is 6.42 Å². The highest BCUT2D eigenvalue weighted by molar-refractivity contribution is 6.02. The molecule has 144 valence electrons. The molecule has 0 saturated heterocycles. The van der Waals surface area contributed by atoms with Gasteiger partial charge in [-0.05, 0) is 36.2 Å². The lowest BCUT2D eigenvalue weighted by Gasteiger charge is -2.10. The number of rotatable bonds is 8. The number of carbonyl (C=O) groups is 1. The average Bonchev–Trinajstić information content (AvgIpc) is 2.75. The van der Waals surface area contributed by atoms with Gasteiger partial charge in [-0.15, -0.1) is 10.2 Å². The Hall–Kier alpha value is -3.61. The molecular formula is C21H22N4O3. The predicted molar refractivity (Wildman–Crippen MR) is 108 cm³/mol. The summed E-state index contributed by atoms with van der Waals surface area (Å²) in [5.41, 5.74) is 2.05. The summed E-state index contributed by atoms with van der Waals surface area (Å²) < 4.78 is 10.4. The van der Waals surface area contributed by atoms with Crippen LogP contribution in [0.5, 0.6) is 11.5 Å². The van der Waals surface area contributed by atoms with Crippen molar-refractivity contribution in [2.45, 2.75) is 6.42 Å². The van der Waals surface area contributed by atoms with Gasteiger partial charge in [-0.25, -0.2) is 0 Å². The average molecular weight is 378 g/mol. The molecule has 0 radical (unpaired) electrons. The van der Waals surface area contributed by atoms with Crippen LogP contribution >= 0.6 is 0 Å². The van der Waals surface area contributed by atoms with Gasteiger partial charge in [-0.1, -0.05) is 30.3 Å². The number of anilines is 2. The van der Waals surface area contributed by atoms with Gasteiger partial charge >= 0.3 is 0 Å². The summed E-state index contributed by atoms with van der Waals surface area (Å²) in [5, 5.41) is 14.0. The Balaban J connectivity index is 1.56. The van der Waals surface area contributed by atoms with Crippen LogP contribution in [0.2, 0.25) is 0 Å².